The minimum absolute atomic E-state index is 0.124. The Bertz CT molecular complexity index is 767. The number of hydrogen-bond acceptors (Lipinski definition) is 4. The lowest BCUT2D eigenvalue weighted by Gasteiger charge is -2.15. The number of ether oxygens (including phenoxy) is 1. The summed E-state index contributed by atoms with van der Waals surface area (Å²) < 4.78 is 5.90. The van der Waals surface area contributed by atoms with Crippen molar-refractivity contribution in [2.75, 3.05) is 6.54 Å². The third-order valence-corrected chi connectivity index (χ3v) is 4.32. The lowest BCUT2D eigenvalue weighted by atomic mass is 10.0. The van der Waals surface area contributed by atoms with E-state index in [1.807, 2.05) is 32.9 Å². The third kappa shape index (κ3) is 5.81. The highest BCUT2D eigenvalue weighted by molar-refractivity contribution is 5.95. The molecule has 0 aliphatic heterocycles. The van der Waals surface area contributed by atoms with E-state index in [1.54, 1.807) is 24.5 Å². The van der Waals surface area contributed by atoms with E-state index < -0.39 is 11.9 Å². The monoisotopic (exact) mass is 370 g/mol. The van der Waals surface area contributed by atoms with Crippen molar-refractivity contribution in [3.8, 4) is 5.75 Å². The van der Waals surface area contributed by atoms with Gasteiger partial charge in [0.2, 0.25) is 0 Å². The van der Waals surface area contributed by atoms with Crippen LogP contribution in [0.25, 0.3) is 0 Å². The summed E-state index contributed by atoms with van der Waals surface area (Å²) in [7, 11) is 0. The summed E-state index contributed by atoms with van der Waals surface area (Å²) in [6.07, 6.45) is 4.76. The summed E-state index contributed by atoms with van der Waals surface area (Å²) in [5, 5.41) is 11.9. The number of amides is 1. The molecule has 27 heavy (non-hydrogen) atoms. The first-order valence-corrected chi connectivity index (χ1v) is 9.06. The van der Waals surface area contributed by atoms with E-state index in [1.165, 1.54) is 0 Å². The summed E-state index contributed by atoms with van der Waals surface area (Å²) in [6.45, 7) is 6.23. The van der Waals surface area contributed by atoms with Gasteiger partial charge in [-0.15, -0.1) is 0 Å². The highest BCUT2D eigenvalue weighted by Crippen LogP contribution is 2.26. The lowest BCUT2D eigenvalue weighted by molar-refractivity contribution is -0.141. The number of carbonyl (C=O) groups excluding carboxylic acids is 1. The fourth-order valence-electron chi connectivity index (χ4n) is 2.93. The van der Waals surface area contributed by atoms with Crippen LogP contribution >= 0.6 is 0 Å². The number of carbonyl (C=O) groups is 2. The van der Waals surface area contributed by atoms with Gasteiger partial charge in [-0.2, -0.15) is 0 Å². The Morgan fingerprint density at radius 3 is 2.52 bits per heavy atom. The number of carboxylic acids is 1. The summed E-state index contributed by atoms with van der Waals surface area (Å²) in [6, 6.07) is 7.32. The molecule has 1 aromatic carbocycles. The fraction of sp³-hybridized carbons (Fsp3) is 0.381. The summed E-state index contributed by atoms with van der Waals surface area (Å²) in [5.74, 6) is -0.987. The molecule has 6 heteroatoms. The quantitative estimate of drug-likeness (QED) is 0.705. The maximum atomic E-state index is 12.4. The molecule has 0 saturated heterocycles. The van der Waals surface area contributed by atoms with Crippen LogP contribution in [-0.4, -0.2) is 28.5 Å². The topological polar surface area (TPSA) is 88.5 Å². The first-order chi connectivity index (χ1) is 12.9. The van der Waals surface area contributed by atoms with Crippen molar-refractivity contribution in [2.45, 2.75) is 40.2 Å². The van der Waals surface area contributed by atoms with E-state index in [0.717, 1.165) is 28.9 Å². The van der Waals surface area contributed by atoms with E-state index in [2.05, 4.69) is 10.3 Å². The predicted molar refractivity (Wildman–Crippen MR) is 103 cm³/mol. The van der Waals surface area contributed by atoms with Gasteiger partial charge in [0.25, 0.3) is 5.91 Å². The maximum absolute atomic E-state index is 12.4. The van der Waals surface area contributed by atoms with Gasteiger partial charge in [-0.05, 0) is 49.6 Å². The van der Waals surface area contributed by atoms with Gasteiger partial charge in [0.05, 0.1) is 5.92 Å². The highest BCUT2D eigenvalue weighted by atomic mass is 16.5. The molecule has 0 radical (unpaired) electrons. The highest BCUT2D eigenvalue weighted by Gasteiger charge is 2.18. The zero-order valence-electron chi connectivity index (χ0n) is 16.0. The number of hydrogen-bond donors (Lipinski definition) is 2. The Hall–Kier alpha value is -2.89. The maximum Gasteiger partial charge on any atom is 0.308 e. The molecule has 0 saturated carbocycles. The number of aromatic nitrogens is 1. The molecule has 0 aliphatic rings. The van der Waals surface area contributed by atoms with Gasteiger partial charge >= 0.3 is 5.97 Å². The molecule has 1 aromatic heterocycles. The second kappa shape index (κ2) is 9.71. The molecule has 2 rings (SSSR count). The van der Waals surface area contributed by atoms with Crippen molar-refractivity contribution in [3.63, 3.8) is 0 Å². The number of rotatable bonds is 9. The number of benzene rings is 1. The van der Waals surface area contributed by atoms with Crippen molar-refractivity contribution in [1.29, 1.82) is 0 Å². The van der Waals surface area contributed by atoms with Gasteiger partial charge in [0.1, 0.15) is 12.4 Å². The Labute approximate surface area is 159 Å². The van der Waals surface area contributed by atoms with Crippen LogP contribution in [0.5, 0.6) is 5.75 Å². The molecule has 0 fully saturated rings. The van der Waals surface area contributed by atoms with Gasteiger partial charge in [-0.1, -0.05) is 19.4 Å². The SMILES string of the molecule is CCCC(CNC(=O)c1cc(C)c(OCc2cccnc2)c(C)c1)C(=O)O. The summed E-state index contributed by atoms with van der Waals surface area (Å²) in [5.41, 5.74) is 3.17. The lowest BCUT2D eigenvalue weighted by Crippen LogP contribution is -2.33. The zero-order chi connectivity index (χ0) is 19.8. The third-order valence-electron chi connectivity index (χ3n) is 4.32. The summed E-state index contributed by atoms with van der Waals surface area (Å²) >= 11 is 0. The van der Waals surface area contributed by atoms with Crippen molar-refractivity contribution < 1.29 is 19.4 Å². The minimum Gasteiger partial charge on any atom is -0.488 e. The summed E-state index contributed by atoms with van der Waals surface area (Å²) in [4.78, 5) is 27.7. The second-order valence-electron chi connectivity index (χ2n) is 6.62. The second-order valence-corrected chi connectivity index (χ2v) is 6.62. The average molecular weight is 370 g/mol. The van der Waals surface area contributed by atoms with Gasteiger partial charge < -0.3 is 15.2 Å². The smallest absolute Gasteiger partial charge is 0.308 e. The molecule has 1 amide bonds. The minimum atomic E-state index is -0.885. The normalized spacial score (nSPS) is 11.7. The molecule has 2 N–H and O–H groups in total. The largest absolute Gasteiger partial charge is 0.488 e. The average Bonchev–Trinajstić information content (AvgIpc) is 2.64. The van der Waals surface area contributed by atoms with Crippen LogP contribution in [0.4, 0.5) is 0 Å². The van der Waals surface area contributed by atoms with Crippen LogP contribution in [0, 0.1) is 19.8 Å². The van der Waals surface area contributed by atoms with Gasteiger partial charge in [0, 0.05) is 30.1 Å². The van der Waals surface area contributed by atoms with Crippen LogP contribution in [0.15, 0.2) is 36.7 Å². The molecule has 144 valence electrons. The van der Waals surface area contributed by atoms with Crippen molar-refractivity contribution in [3.05, 3.63) is 58.9 Å². The van der Waals surface area contributed by atoms with E-state index in [-0.39, 0.29) is 12.5 Å². The molecule has 0 spiro atoms. The van der Waals surface area contributed by atoms with Crippen LogP contribution in [0.1, 0.15) is 46.8 Å². The molecule has 6 nitrogen and oxygen atoms in total. The number of nitrogens with one attached hydrogen (secondary N) is 1. The number of aryl methyl sites for hydroxylation is 2. The molecule has 0 aliphatic carbocycles. The van der Waals surface area contributed by atoms with Crippen molar-refractivity contribution in [2.24, 2.45) is 5.92 Å². The Balaban J connectivity index is 2.04. The number of aliphatic carboxylic acids is 1. The van der Waals surface area contributed by atoms with Crippen LogP contribution in [0.3, 0.4) is 0 Å². The number of carboxylic acid groups (broad SMARTS) is 1. The van der Waals surface area contributed by atoms with E-state index in [9.17, 15) is 14.7 Å². The first kappa shape index (κ1) is 20.4. The van der Waals surface area contributed by atoms with Crippen molar-refractivity contribution >= 4 is 11.9 Å². The fourth-order valence-corrected chi connectivity index (χ4v) is 2.93. The molecule has 1 heterocycles. The molecule has 2 aromatic rings. The molecule has 1 unspecified atom stereocenters. The van der Waals surface area contributed by atoms with Crippen molar-refractivity contribution in [1.82, 2.24) is 10.3 Å². The molecular formula is C21H26N2O4. The van der Waals surface area contributed by atoms with Gasteiger partial charge in [-0.25, -0.2) is 0 Å². The number of nitrogens with zero attached hydrogens (tertiary/aromatic N) is 1. The molecular weight excluding hydrogens is 344 g/mol. The first-order valence-electron chi connectivity index (χ1n) is 9.06. The Kier molecular flexibility index (Phi) is 7.34. The van der Waals surface area contributed by atoms with Gasteiger partial charge in [0.15, 0.2) is 0 Å². The van der Waals surface area contributed by atoms with E-state index in [4.69, 9.17) is 4.74 Å². The zero-order valence-corrected chi connectivity index (χ0v) is 16.0. The van der Waals surface area contributed by atoms with Gasteiger partial charge in [-0.3, -0.25) is 14.6 Å². The van der Waals surface area contributed by atoms with Crippen LogP contribution in [-0.2, 0) is 11.4 Å². The predicted octanol–water partition coefficient (Wildman–Crippen LogP) is 3.51. The standard InChI is InChI=1S/C21H26N2O4/c1-4-6-17(21(25)26)12-23-20(24)18-9-14(2)19(15(3)10-18)27-13-16-7-5-8-22-11-16/h5,7-11,17H,4,6,12-13H2,1-3H3,(H,23,24)(H,25,26). The Morgan fingerprint density at radius 1 is 1.26 bits per heavy atom. The van der Waals surface area contributed by atoms with Crippen LogP contribution < -0.4 is 10.1 Å². The van der Waals surface area contributed by atoms with Crippen LogP contribution in [0.2, 0.25) is 0 Å². The molecule has 0 bridgehead atoms. The van der Waals surface area contributed by atoms with E-state index >= 15 is 0 Å². The number of pyridine rings is 1. The molecule has 1 atom stereocenters. The Morgan fingerprint density at radius 2 is 1.96 bits per heavy atom. The van der Waals surface area contributed by atoms with E-state index in [0.29, 0.717) is 18.6 Å².